The van der Waals surface area contributed by atoms with Gasteiger partial charge in [-0.15, -0.1) is 0 Å². The Labute approximate surface area is 512 Å². The van der Waals surface area contributed by atoms with Crippen LogP contribution in [-0.4, -0.2) is 13.4 Å². The molecule has 0 spiro atoms. The molecule has 0 aliphatic carbocycles. The lowest BCUT2D eigenvalue weighted by molar-refractivity contribution is 0.488. The van der Waals surface area contributed by atoms with E-state index >= 15 is 0 Å². The van der Waals surface area contributed by atoms with E-state index in [1.54, 1.807) is 0 Å². The Morgan fingerprint density at radius 1 is 0.250 bits per heavy atom. The van der Waals surface area contributed by atoms with Crippen molar-refractivity contribution in [1.82, 2.24) is 0 Å². The number of benzene rings is 14. The predicted octanol–water partition coefficient (Wildman–Crippen LogP) is 17.4. The summed E-state index contributed by atoms with van der Waals surface area (Å²) in [7, 11) is 0. The molecule has 14 aromatic rings. The lowest BCUT2D eigenvalue weighted by atomic mass is 9.30. The SMILES string of the molecule is c1ccc(N(c2ccccc2)c2ccc3c4c5c(cc3c2)Oc2cc3c(cc2B5c2ccccc2N4c2ccccc2)B2c4ccccc4N(c4ccccc4)c4c2c(cc2cc(N(c5ccccc5)c5ccccc5)ccc42)N3c2ccccc2)cc1. The number of anilines is 15. The first-order valence-corrected chi connectivity index (χ1v) is 30.3. The van der Waals surface area contributed by atoms with Gasteiger partial charge in [-0.3, -0.25) is 0 Å². The predicted molar refractivity (Wildman–Crippen MR) is 371 cm³/mol. The third-order valence-electron chi connectivity index (χ3n) is 18.3. The van der Waals surface area contributed by atoms with E-state index in [2.05, 4.69) is 346 Å². The fraction of sp³-hybridized carbons (Fsp3) is 0. The fourth-order valence-corrected chi connectivity index (χ4v) is 14.7. The van der Waals surface area contributed by atoms with Crippen LogP contribution in [0.4, 0.5) is 85.3 Å². The Kier molecular flexibility index (Phi) is 11.4. The van der Waals surface area contributed by atoms with Crippen LogP contribution in [0.2, 0.25) is 0 Å². The number of fused-ring (bicyclic) bond motifs is 12. The summed E-state index contributed by atoms with van der Waals surface area (Å²) in [6, 6.07) is 117. The number of nitrogens with zero attached hydrogens (tertiary/aromatic N) is 5. The van der Waals surface area contributed by atoms with Crippen LogP contribution in [0.3, 0.4) is 0 Å². The molecule has 0 radical (unpaired) electrons. The molecule has 18 rings (SSSR count). The van der Waals surface area contributed by atoms with Crippen LogP contribution < -0.4 is 62.0 Å². The molecule has 410 valence electrons. The summed E-state index contributed by atoms with van der Waals surface area (Å²) >= 11 is 0. The highest BCUT2D eigenvalue weighted by Crippen LogP contribution is 2.51. The van der Waals surface area contributed by atoms with Crippen LogP contribution in [0.5, 0.6) is 11.5 Å². The van der Waals surface area contributed by atoms with Gasteiger partial charge in [0.05, 0.1) is 11.4 Å². The van der Waals surface area contributed by atoms with Crippen molar-refractivity contribution in [3.05, 3.63) is 322 Å². The van der Waals surface area contributed by atoms with Gasteiger partial charge in [0, 0.05) is 90.8 Å². The maximum atomic E-state index is 7.71. The lowest BCUT2D eigenvalue weighted by Crippen LogP contribution is -2.64. The summed E-state index contributed by atoms with van der Waals surface area (Å²) < 4.78 is 7.71. The van der Waals surface area contributed by atoms with E-state index in [1.165, 1.54) is 32.9 Å². The highest BCUT2D eigenvalue weighted by molar-refractivity contribution is 7.03. The summed E-state index contributed by atoms with van der Waals surface area (Å²) in [4.78, 5) is 12.2. The molecule has 14 aromatic carbocycles. The minimum Gasteiger partial charge on any atom is -0.458 e. The van der Waals surface area contributed by atoms with Crippen LogP contribution in [-0.2, 0) is 0 Å². The van der Waals surface area contributed by atoms with Gasteiger partial charge in [-0.2, -0.15) is 0 Å². The third kappa shape index (κ3) is 7.72. The zero-order chi connectivity index (χ0) is 57.8. The van der Waals surface area contributed by atoms with E-state index in [0.29, 0.717) is 0 Å². The zero-order valence-corrected chi connectivity index (χ0v) is 47.9. The van der Waals surface area contributed by atoms with Gasteiger partial charge >= 0.3 is 0 Å². The molecule has 0 aromatic heterocycles. The second kappa shape index (κ2) is 20.1. The highest BCUT2D eigenvalue weighted by Gasteiger charge is 2.48. The summed E-state index contributed by atoms with van der Waals surface area (Å²) in [5.41, 5.74) is 23.9. The first kappa shape index (κ1) is 49.9. The van der Waals surface area contributed by atoms with E-state index in [-0.39, 0.29) is 13.4 Å². The number of para-hydroxylation sites is 9. The van der Waals surface area contributed by atoms with Crippen molar-refractivity contribution in [2.45, 2.75) is 0 Å². The van der Waals surface area contributed by atoms with Crippen LogP contribution in [0.1, 0.15) is 0 Å². The second-order valence-corrected chi connectivity index (χ2v) is 23.2. The number of ether oxygens (including phenoxy) is 1. The molecule has 88 heavy (non-hydrogen) atoms. The van der Waals surface area contributed by atoms with Crippen LogP contribution in [0, 0.1) is 0 Å². The molecule has 0 saturated heterocycles. The van der Waals surface area contributed by atoms with Crippen molar-refractivity contribution >= 4 is 153 Å². The largest absolute Gasteiger partial charge is 0.458 e. The normalized spacial score (nSPS) is 13.0. The third-order valence-corrected chi connectivity index (χ3v) is 18.3. The number of rotatable bonds is 9. The monoisotopic (exact) mass is 1120 g/mol. The molecular formula is C80H53B2N5O. The van der Waals surface area contributed by atoms with Crippen molar-refractivity contribution in [1.29, 1.82) is 0 Å². The minimum absolute atomic E-state index is 0.150. The van der Waals surface area contributed by atoms with Crippen LogP contribution in [0.25, 0.3) is 21.5 Å². The van der Waals surface area contributed by atoms with Crippen LogP contribution in [0.15, 0.2) is 322 Å². The van der Waals surface area contributed by atoms with E-state index in [1.807, 2.05) is 0 Å². The molecule has 0 N–H and O–H groups in total. The first-order chi connectivity index (χ1) is 43.7. The average Bonchev–Trinajstić information content (AvgIpc) is 0.772. The Bertz CT molecular complexity index is 4960. The summed E-state index contributed by atoms with van der Waals surface area (Å²) in [6.45, 7) is -0.314. The summed E-state index contributed by atoms with van der Waals surface area (Å²) in [5.74, 6) is 1.70. The van der Waals surface area contributed by atoms with Crippen molar-refractivity contribution in [3.8, 4) is 11.5 Å². The first-order valence-electron chi connectivity index (χ1n) is 30.3. The number of hydrogen-bond donors (Lipinski definition) is 0. The van der Waals surface area contributed by atoms with Crippen molar-refractivity contribution in [3.63, 3.8) is 0 Å². The molecule has 4 aliphatic heterocycles. The summed E-state index contributed by atoms with van der Waals surface area (Å²) in [6.07, 6.45) is 0. The Hall–Kier alpha value is -11.5. The quantitative estimate of drug-likeness (QED) is 0.134. The van der Waals surface area contributed by atoms with Gasteiger partial charge in [-0.05, 0) is 177 Å². The standard InChI is InChI=1S/C80H53B2N5O/c1-8-26-56(27-9-1)83(57-28-10-2-11-29-57)63-44-46-65-54(48-63)50-74-77-79(65)86(61-36-18-6-19-37-61)71-42-24-22-40-67(71)81(77)69-52-70-75(53-73(69)85(74)60-34-16-5-17-35-60)88-76-51-55-49-64(84(58-30-12-3-13-31-58)59-32-14-4-15-33-59)45-47-66(55)80-78(76)82(70)68-41-23-25-43-72(68)87(80)62-38-20-7-21-39-62/h1-53H. The molecule has 0 saturated carbocycles. The molecule has 0 bridgehead atoms. The zero-order valence-electron chi connectivity index (χ0n) is 47.9. The van der Waals surface area contributed by atoms with Crippen molar-refractivity contribution in [2.24, 2.45) is 0 Å². The molecule has 8 heteroatoms. The molecule has 0 unspecified atom stereocenters. The van der Waals surface area contributed by atoms with E-state index in [4.69, 9.17) is 4.74 Å². The van der Waals surface area contributed by atoms with Gasteiger partial charge < -0.3 is 29.2 Å². The molecule has 6 nitrogen and oxygen atoms in total. The Balaban J connectivity index is 0.903. The lowest BCUT2D eigenvalue weighted by Gasteiger charge is -2.46. The van der Waals surface area contributed by atoms with Gasteiger partial charge in [-0.25, -0.2) is 0 Å². The molecule has 4 aliphatic rings. The van der Waals surface area contributed by atoms with Gasteiger partial charge in [-0.1, -0.05) is 182 Å². The molecule has 4 heterocycles. The Morgan fingerprint density at radius 3 is 1.10 bits per heavy atom. The fourth-order valence-electron chi connectivity index (χ4n) is 14.7. The minimum atomic E-state index is -0.165. The Morgan fingerprint density at radius 2 is 0.636 bits per heavy atom. The van der Waals surface area contributed by atoms with Gasteiger partial charge in [0.15, 0.2) is 0 Å². The van der Waals surface area contributed by atoms with Crippen molar-refractivity contribution < 1.29 is 4.74 Å². The smallest absolute Gasteiger partial charge is 0.256 e. The van der Waals surface area contributed by atoms with Gasteiger partial charge in [0.1, 0.15) is 11.5 Å². The molecule has 0 fully saturated rings. The van der Waals surface area contributed by atoms with E-state index in [9.17, 15) is 0 Å². The van der Waals surface area contributed by atoms with Crippen molar-refractivity contribution in [2.75, 3.05) is 24.5 Å². The van der Waals surface area contributed by atoms with E-state index < -0.39 is 0 Å². The maximum Gasteiger partial charge on any atom is 0.256 e. The van der Waals surface area contributed by atoms with Gasteiger partial charge in [0.25, 0.3) is 13.4 Å². The van der Waals surface area contributed by atoms with Gasteiger partial charge in [0.2, 0.25) is 0 Å². The van der Waals surface area contributed by atoms with E-state index in [0.717, 1.165) is 118 Å². The molecule has 0 atom stereocenters. The number of hydrogen-bond acceptors (Lipinski definition) is 6. The maximum absolute atomic E-state index is 7.71. The average molecular weight is 1120 g/mol. The van der Waals surface area contributed by atoms with Crippen LogP contribution >= 0.6 is 0 Å². The topological polar surface area (TPSA) is 25.4 Å². The highest BCUT2D eigenvalue weighted by atomic mass is 16.5. The molecular weight excluding hydrogens is 1070 g/mol. The molecule has 0 amide bonds. The summed E-state index contributed by atoms with van der Waals surface area (Å²) in [5, 5.41) is 4.55. The second-order valence-electron chi connectivity index (χ2n) is 23.2.